The van der Waals surface area contributed by atoms with Gasteiger partial charge in [0.1, 0.15) is 16.6 Å². The van der Waals surface area contributed by atoms with E-state index in [9.17, 15) is 9.90 Å². The van der Waals surface area contributed by atoms with E-state index >= 15 is 0 Å². The highest BCUT2D eigenvalue weighted by Gasteiger charge is 2.19. The third-order valence-electron chi connectivity index (χ3n) is 3.40. The van der Waals surface area contributed by atoms with Crippen molar-refractivity contribution >= 4 is 40.6 Å². The Balaban J connectivity index is 2.17. The fourth-order valence-electron chi connectivity index (χ4n) is 2.35. The first-order valence-electron chi connectivity index (χ1n) is 6.36. The van der Waals surface area contributed by atoms with Crippen molar-refractivity contribution in [3.8, 4) is 5.75 Å². The second-order valence-electron chi connectivity index (χ2n) is 4.92. The molecule has 6 heteroatoms. The van der Waals surface area contributed by atoms with Gasteiger partial charge in [-0.15, -0.1) is 0 Å². The van der Waals surface area contributed by atoms with Crippen LogP contribution in [0.25, 0.3) is 0 Å². The first-order chi connectivity index (χ1) is 9.81. The molecule has 0 radical (unpaired) electrons. The number of aromatic hydroxyl groups is 1. The fraction of sp³-hybridized carbons (Fsp3) is 0.267. The van der Waals surface area contributed by atoms with Gasteiger partial charge in [-0.2, -0.15) is 0 Å². The van der Waals surface area contributed by atoms with Gasteiger partial charge in [0, 0.05) is 6.42 Å². The molecule has 21 heavy (non-hydrogen) atoms. The van der Waals surface area contributed by atoms with Gasteiger partial charge in [0.25, 0.3) is 0 Å². The van der Waals surface area contributed by atoms with Crippen molar-refractivity contribution in [3.63, 3.8) is 0 Å². The lowest BCUT2D eigenvalue weighted by atomic mass is 9.96. The molecular formula is C15H14Cl3NO2. The van der Waals surface area contributed by atoms with Crippen LogP contribution in [0.15, 0.2) is 12.1 Å². The van der Waals surface area contributed by atoms with E-state index in [0.29, 0.717) is 6.42 Å². The minimum absolute atomic E-state index is 0.152. The van der Waals surface area contributed by atoms with Crippen LogP contribution in [0.4, 0.5) is 0 Å². The second-order valence-corrected chi connectivity index (χ2v) is 6.06. The zero-order valence-electron chi connectivity index (χ0n) is 11.6. The maximum Gasteiger partial charge on any atom is 0.180 e. The summed E-state index contributed by atoms with van der Waals surface area (Å²) in [6.07, 6.45) is 0.834. The number of phenols is 1. The molecule has 2 aromatic rings. The summed E-state index contributed by atoms with van der Waals surface area (Å²) in [4.78, 5) is 14.9. The van der Waals surface area contributed by atoms with Gasteiger partial charge < -0.3 is 10.1 Å². The van der Waals surface area contributed by atoms with Crippen molar-refractivity contribution in [3.05, 3.63) is 49.7 Å². The third-order valence-corrected chi connectivity index (χ3v) is 4.63. The largest absolute Gasteiger partial charge is 0.508 e. The SMILES string of the molecule is Cc1cc(O)cc(C)c1CCC(=O)c1[nH]c(Cl)c(Cl)c1Cl. The average molecular weight is 347 g/mol. The lowest BCUT2D eigenvalue weighted by Crippen LogP contribution is -2.04. The van der Waals surface area contributed by atoms with E-state index in [1.807, 2.05) is 13.8 Å². The number of aromatic amines is 1. The van der Waals surface area contributed by atoms with Crippen molar-refractivity contribution in [2.75, 3.05) is 0 Å². The highest BCUT2D eigenvalue weighted by Crippen LogP contribution is 2.33. The number of benzene rings is 1. The first kappa shape index (κ1) is 16.2. The molecule has 0 fully saturated rings. The number of aryl methyl sites for hydroxylation is 2. The third kappa shape index (κ3) is 3.37. The van der Waals surface area contributed by atoms with E-state index < -0.39 is 0 Å². The Morgan fingerprint density at radius 3 is 2.19 bits per heavy atom. The Morgan fingerprint density at radius 1 is 1.14 bits per heavy atom. The highest BCUT2D eigenvalue weighted by atomic mass is 35.5. The number of Topliss-reactive ketones (excluding diaryl/α,β-unsaturated/α-hetero) is 1. The van der Waals surface area contributed by atoms with Gasteiger partial charge in [0.05, 0.1) is 10.0 Å². The predicted molar refractivity (Wildman–Crippen MR) is 86.1 cm³/mol. The Bertz CT molecular complexity index is 684. The molecule has 0 atom stereocenters. The molecule has 1 aromatic heterocycles. The summed E-state index contributed by atoms with van der Waals surface area (Å²) in [6.45, 7) is 3.81. The van der Waals surface area contributed by atoms with E-state index in [4.69, 9.17) is 34.8 Å². The van der Waals surface area contributed by atoms with E-state index in [2.05, 4.69) is 4.98 Å². The van der Waals surface area contributed by atoms with E-state index in [0.717, 1.165) is 16.7 Å². The van der Waals surface area contributed by atoms with Crippen LogP contribution in [-0.4, -0.2) is 15.9 Å². The number of phenolic OH excluding ortho intramolecular Hbond substituents is 1. The van der Waals surface area contributed by atoms with Crippen molar-refractivity contribution in [1.29, 1.82) is 0 Å². The van der Waals surface area contributed by atoms with Gasteiger partial charge in [-0.3, -0.25) is 4.79 Å². The van der Waals surface area contributed by atoms with Gasteiger partial charge in [0.2, 0.25) is 0 Å². The molecule has 0 amide bonds. The topological polar surface area (TPSA) is 53.1 Å². The van der Waals surface area contributed by atoms with E-state index in [1.54, 1.807) is 12.1 Å². The molecule has 0 spiro atoms. The van der Waals surface area contributed by atoms with Gasteiger partial charge in [-0.05, 0) is 49.1 Å². The summed E-state index contributed by atoms with van der Waals surface area (Å²) < 4.78 is 0. The summed E-state index contributed by atoms with van der Waals surface area (Å²) in [6, 6.07) is 3.37. The molecule has 0 bridgehead atoms. The number of carbonyl (C=O) groups is 1. The molecule has 112 valence electrons. The predicted octanol–water partition coefficient (Wildman–Crippen LogP) is 5.11. The molecule has 0 aliphatic rings. The highest BCUT2D eigenvalue weighted by molar-refractivity contribution is 6.49. The van der Waals surface area contributed by atoms with Crippen molar-refractivity contribution in [2.45, 2.75) is 26.7 Å². The molecule has 1 aromatic carbocycles. The standard InChI is InChI=1S/C15H14Cl3NO2/c1-7-5-9(20)6-8(2)10(7)3-4-11(21)14-12(16)13(17)15(18)19-14/h5-6,19-20H,3-4H2,1-2H3. The quantitative estimate of drug-likeness (QED) is 0.756. The minimum Gasteiger partial charge on any atom is -0.508 e. The fourth-order valence-corrected chi connectivity index (χ4v) is 2.97. The molecule has 3 nitrogen and oxygen atoms in total. The number of aromatic nitrogens is 1. The molecule has 0 saturated heterocycles. The van der Waals surface area contributed by atoms with Crippen LogP contribution in [0.3, 0.4) is 0 Å². The van der Waals surface area contributed by atoms with Crippen LogP contribution < -0.4 is 0 Å². The number of carbonyl (C=O) groups excluding carboxylic acids is 1. The van der Waals surface area contributed by atoms with Gasteiger partial charge in [-0.25, -0.2) is 0 Å². The van der Waals surface area contributed by atoms with Crippen LogP contribution in [0.2, 0.25) is 15.2 Å². The molecule has 0 aliphatic heterocycles. The van der Waals surface area contributed by atoms with Crippen molar-refractivity contribution < 1.29 is 9.90 Å². The van der Waals surface area contributed by atoms with E-state index in [1.165, 1.54) is 0 Å². The Morgan fingerprint density at radius 2 is 1.71 bits per heavy atom. The summed E-state index contributed by atoms with van der Waals surface area (Å²) in [7, 11) is 0. The van der Waals surface area contributed by atoms with Gasteiger partial charge >= 0.3 is 0 Å². The lowest BCUT2D eigenvalue weighted by molar-refractivity contribution is 0.0978. The molecule has 0 aliphatic carbocycles. The number of halogens is 3. The van der Waals surface area contributed by atoms with Crippen LogP contribution in [0.1, 0.15) is 33.6 Å². The minimum atomic E-state index is -0.152. The smallest absolute Gasteiger partial charge is 0.180 e. The second kappa shape index (κ2) is 6.30. The number of nitrogens with one attached hydrogen (secondary N) is 1. The number of hydrogen-bond acceptors (Lipinski definition) is 2. The van der Waals surface area contributed by atoms with Gasteiger partial charge in [0.15, 0.2) is 5.78 Å². The van der Waals surface area contributed by atoms with Crippen LogP contribution >= 0.6 is 34.8 Å². The molecular weight excluding hydrogens is 333 g/mol. The van der Waals surface area contributed by atoms with Crippen LogP contribution in [-0.2, 0) is 6.42 Å². The molecule has 0 unspecified atom stereocenters. The maximum absolute atomic E-state index is 12.2. The number of rotatable bonds is 4. The maximum atomic E-state index is 12.2. The molecule has 2 N–H and O–H groups in total. The summed E-state index contributed by atoms with van der Waals surface area (Å²) in [5, 5.41) is 10.0. The Labute approximate surface area is 137 Å². The summed E-state index contributed by atoms with van der Waals surface area (Å²) >= 11 is 17.6. The molecule has 1 heterocycles. The summed E-state index contributed by atoms with van der Waals surface area (Å²) in [5.74, 6) is 0.0757. The zero-order chi connectivity index (χ0) is 15.7. The van der Waals surface area contributed by atoms with Crippen molar-refractivity contribution in [1.82, 2.24) is 4.98 Å². The molecule has 2 rings (SSSR count). The van der Waals surface area contributed by atoms with Crippen LogP contribution in [0, 0.1) is 13.8 Å². The lowest BCUT2D eigenvalue weighted by Gasteiger charge is -2.10. The Hall–Kier alpha value is -1.16. The van der Waals surface area contributed by atoms with E-state index in [-0.39, 0.29) is 38.8 Å². The van der Waals surface area contributed by atoms with Crippen LogP contribution in [0.5, 0.6) is 5.75 Å². The molecule has 0 saturated carbocycles. The normalized spacial score (nSPS) is 10.9. The first-order valence-corrected chi connectivity index (χ1v) is 7.49. The Kier molecular flexibility index (Phi) is 4.87. The average Bonchev–Trinajstić information content (AvgIpc) is 2.65. The summed E-state index contributed by atoms with van der Waals surface area (Å²) in [5.41, 5.74) is 3.18. The van der Waals surface area contributed by atoms with Gasteiger partial charge in [-0.1, -0.05) is 34.8 Å². The van der Waals surface area contributed by atoms with Crippen molar-refractivity contribution in [2.24, 2.45) is 0 Å². The number of H-pyrrole nitrogens is 1. The number of hydrogen-bond donors (Lipinski definition) is 2. The zero-order valence-corrected chi connectivity index (χ0v) is 13.8. The monoisotopic (exact) mass is 345 g/mol. The number of ketones is 1.